The smallest absolute Gasteiger partial charge is 0.268 e. The van der Waals surface area contributed by atoms with E-state index in [1.165, 1.54) is 22.7 Å². The molecule has 1 aliphatic rings. The Balaban J connectivity index is 1.86. The third kappa shape index (κ3) is 3.79. The quantitative estimate of drug-likeness (QED) is 0.413. The van der Waals surface area contributed by atoms with Crippen molar-refractivity contribution in [1.29, 1.82) is 0 Å². The molecule has 0 aliphatic carbocycles. The maximum Gasteiger partial charge on any atom is 0.272 e. The maximum atomic E-state index is 13.5. The Morgan fingerprint density at radius 3 is 2.20 bits per heavy atom. The van der Waals surface area contributed by atoms with Crippen molar-refractivity contribution in [2.75, 3.05) is 4.90 Å². The van der Waals surface area contributed by atoms with Gasteiger partial charge in [0.25, 0.3) is 11.8 Å². The van der Waals surface area contributed by atoms with Gasteiger partial charge in [-0.1, -0.05) is 76.9 Å². The second-order valence-electron chi connectivity index (χ2n) is 6.98. The Bertz CT molecular complexity index is 1210. The first-order valence-electron chi connectivity index (χ1n) is 9.25. The van der Waals surface area contributed by atoms with E-state index in [9.17, 15) is 9.59 Å². The molecule has 3 aromatic rings. The monoisotopic (exact) mass is 453 g/mol. The van der Waals surface area contributed by atoms with Gasteiger partial charge in [-0.3, -0.25) is 9.59 Å². The molecule has 0 bridgehead atoms. The number of aryl methyl sites for hydroxylation is 2. The number of hydrogen-bond donors (Lipinski definition) is 0. The maximum absolute atomic E-state index is 13.5. The van der Waals surface area contributed by atoms with Crippen LogP contribution >= 0.6 is 35.0 Å². The molecule has 0 aromatic heterocycles. The fraction of sp³-hybridized carbons (Fsp3) is 0.0833. The number of imide groups is 1. The number of hydrogen-bond acceptors (Lipinski definition) is 3. The van der Waals surface area contributed by atoms with Gasteiger partial charge < -0.3 is 0 Å². The zero-order valence-electron chi connectivity index (χ0n) is 16.3. The van der Waals surface area contributed by atoms with E-state index in [0.29, 0.717) is 21.2 Å². The van der Waals surface area contributed by atoms with E-state index in [-0.39, 0.29) is 16.8 Å². The van der Waals surface area contributed by atoms with Crippen LogP contribution in [0.4, 0.5) is 5.69 Å². The molecule has 0 radical (unpaired) electrons. The molecule has 4 rings (SSSR count). The number of anilines is 1. The van der Waals surface area contributed by atoms with Crippen molar-refractivity contribution in [3.63, 3.8) is 0 Å². The Kier molecular flexibility index (Phi) is 5.74. The van der Waals surface area contributed by atoms with E-state index in [0.717, 1.165) is 21.6 Å². The average molecular weight is 454 g/mol. The minimum atomic E-state index is -0.373. The Morgan fingerprint density at radius 2 is 1.53 bits per heavy atom. The summed E-state index contributed by atoms with van der Waals surface area (Å²) in [6.45, 7) is 3.94. The summed E-state index contributed by atoms with van der Waals surface area (Å²) in [7, 11) is 0. The van der Waals surface area contributed by atoms with Gasteiger partial charge in [-0.05, 0) is 55.3 Å². The third-order valence-corrected chi connectivity index (χ3v) is 6.65. The van der Waals surface area contributed by atoms with Crippen LogP contribution in [0.1, 0.15) is 16.7 Å². The van der Waals surface area contributed by atoms with Gasteiger partial charge in [0.2, 0.25) is 0 Å². The summed E-state index contributed by atoms with van der Waals surface area (Å²) in [6, 6.07) is 20.1. The lowest BCUT2D eigenvalue weighted by Crippen LogP contribution is -2.31. The van der Waals surface area contributed by atoms with E-state index in [4.69, 9.17) is 23.2 Å². The molecule has 2 amide bonds. The summed E-state index contributed by atoms with van der Waals surface area (Å²) in [5.74, 6) is -0.744. The van der Waals surface area contributed by atoms with E-state index < -0.39 is 0 Å². The standard InChI is InChI=1S/C24H17Cl2NO2S/c1-14-8-10-18(15(2)12-14)21-22(30-17-6-4-3-5-7-17)24(29)27(23(21)28)16-9-11-19(25)20(26)13-16/h3-13H,1-2H3. The number of rotatable bonds is 4. The SMILES string of the molecule is Cc1ccc(C2=C(Sc3ccccc3)C(=O)N(c3ccc(Cl)c(Cl)c3)C2=O)c(C)c1. The van der Waals surface area contributed by atoms with Gasteiger partial charge in [0, 0.05) is 4.90 Å². The number of thioether (sulfide) groups is 1. The second-order valence-corrected chi connectivity index (χ2v) is 8.88. The van der Waals surface area contributed by atoms with Crippen LogP contribution in [0.15, 0.2) is 76.5 Å². The van der Waals surface area contributed by atoms with E-state index >= 15 is 0 Å². The van der Waals surface area contributed by atoms with Crippen LogP contribution in [0, 0.1) is 13.8 Å². The van der Waals surface area contributed by atoms with Crippen LogP contribution in [0.3, 0.4) is 0 Å². The molecule has 0 atom stereocenters. The Morgan fingerprint density at radius 1 is 0.800 bits per heavy atom. The molecule has 30 heavy (non-hydrogen) atoms. The van der Waals surface area contributed by atoms with Gasteiger partial charge in [-0.2, -0.15) is 0 Å². The van der Waals surface area contributed by atoms with Crippen molar-refractivity contribution in [2.45, 2.75) is 18.7 Å². The number of benzene rings is 3. The summed E-state index contributed by atoms with van der Waals surface area (Å²) < 4.78 is 0. The minimum Gasteiger partial charge on any atom is -0.268 e. The molecule has 0 unspecified atom stereocenters. The lowest BCUT2D eigenvalue weighted by atomic mass is 9.99. The minimum absolute atomic E-state index is 0.284. The number of amides is 2. The summed E-state index contributed by atoms with van der Waals surface area (Å²) in [4.78, 5) is 29.4. The molecule has 150 valence electrons. The highest BCUT2D eigenvalue weighted by Gasteiger charge is 2.41. The molecule has 1 aliphatic heterocycles. The molecule has 0 N–H and O–H groups in total. The van der Waals surface area contributed by atoms with E-state index in [1.807, 2.05) is 62.4 Å². The molecule has 0 saturated heterocycles. The van der Waals surface area contributed by atoms with Gasteiger partial charge in [0.15, 0.2) is 0 Å². The normalized spacial score (nSPS) is 14.1. The molecule has 0 fully saturated rings. The molecule has 3 nitrogen and oxygen atoms in total. The van der Waals surface area contributed by atoms with Crippen molar-refractivity contribution in [2.24, 2.45) is 0 Å². The van der Waals surface area contributed by atoms with Crippen LogP contribution < -0.4 is 4.90 Å². The highest BCUT2D eigenvalue weighted by atomic mass is 35.5. The lowest BCUT2D eigenvalue weighted by molar-refractivity contribution is -0.119. The fourth-order valence-corrected chi connectivity index (χ4v) is 4.70. The highest BCUT2D eigenvalue weighted by Crippen LogP contribution is 2.42. The van der Waals surface area contributed by atoms with Gasteiger partial charge >= 0.3 is 0 Å². The van der Waals surface area contributed by atoms with Crippen LogP contribution in [0.2, 0.25) is 10.0 Å². The average Bonchev–Trinajstić information content (AvgIpc) is 2.95. The molecule has 1 heterocycles. The summed E-state index contributed by atoms with van der Waals surface area (Å²) in [5, 5.41) is 0.646. The predicted molar refractivity (Wildman–Crippen MR) is 124 cm³/mol. The predicted octanol–water partition coefficient (Wildman–Crippen LogP) is 6.69. The number of carbonyl (C=O) groups excluding carboxylic acids is 2. The molecule has 6 heteroatoms. The van der Waals surface area contributed by atoms with Crippen LogP contribution in [-0.2, 0) is 9.59 Å². The van der Waals surface area contributed by atoms with Crippen molar-refractivity contribution in [3.05, 3.63) is 98.4 Å². The van der Waals surface area contributed by atoms with Gasteiger partial charge in [-0.25, -0.2) is 4.90 Å². The fourth-order valence-electron chi connectivity index (χ4n) is 3.40. The van der Waals surface area contributed by atoms with E-state index in [1.54, 1.807) is 12.1 Å². The van der Waals surface area contributed by atoms with Crippen LogP contribution in [0.5, 0.6) is 0 Å². The molecule has 0 spiro atoms. The summed E-state index contributed by atoms with van der Waals surface area (Å²) in [5.41, 5.74) is 3.57. The molecular formula is C24H17Cl2NO2S. The van der Waals surface area contributed by atoms with Crippen molar-refractivity contribution < 1.29 is 9.59 Å². The molecular weight excluding hydrogens is 437 g/mol. The summed E-state index contributed by atoms with van der Waals surface area (Å²) in [6.07, 6.45) is 0. The first-order valence-corrected chi connectivity index (χ1v) is 10.8. The Hall–Kier alpha value is -2.53. The first-order chi connectivity index (χ1) is 14.4. The highest BCUT2D eigenvalue weighted by molar-refractivity contribution is 8.04. The van der Waals surface area contributed by atoms with Crippen molar-refractivity contribution >= 4 is 58.0 Å². The van der Waals surface area contributed by atoms with Gasteiger partial charge in [0.05, 0.1) is 26.2 Å². The number of nitrogens with zero attached hydrogens (tertiary/aromatic N) is 1. The van der Waals surface area contributed by atoms with Crippen molar-refractivity contribution in [1.82, 2.24) is 0 Å². The topological polar surface area (TPSA) is 37.4 Å². The van der Waals surface area contributed by atoms with Gasteiger partial charge in [0.1, 0.15) is 0 Å². The van der Waals surface area contributed by atoms with Crippen molar-refractivity contribution in [3.8, 4) is 0 Å². The number of halogens is 2. The largest absolute Gasteiger partial charge is 0.272 e. The van der Waals surface area contributed by atoms with E-state index in [2.05, 4.69) is 0 Å². The van der Waals surface area contributed by atoms with Crippen LogP contribution in [0.25, 0.3) is 5.57 Å². The zero-order chi connectivity index (χ0) is 21.4. The van der Waals surface area contributed by atoms with Crippen LogP contribution in [-0.4, -0.2) is 11.8 Å². The number of carbonyl (C=O) groups is 2. The molecule has 3 aromatic carbocycles. The molecule has 0 saturated carbocycles. The first kappa shape index (κ1) is 20.7. The Labute approximate surface area is 189 Å². The lowest BCUT2D eigenvalue weighted by Gasteiger charge is -2.16. The zero-order valence-corrected chi connectivity index (χ0v) is 18.6. The second kappa shape index (κ2) is 8.31. The summed E-state index contributed by atoms with van der Waals surface area (Å²) >= 11 is 13.5. The van der Waals surface area contributed by atoms with Gasteiger partial charge in [-0.15, -0.1) is 0 Å². The third-order valence-electron chi connectivity index (χ3n) is 4.82.